The first-order valence-corrected chi connectivity index (χ1v) is 8.57. The molecule has 0 N–H and O–H groups in total. The SMILES string of the molecule is CON(C)C(=O)CC1C(c2cccc(Oc3ccccc3)c2)C1(C)C. The second-order valence-corrected chi connectivity index (χ2v) is 7.17. The zero-order valence-electron chi connectivity index (χ0n) is 15.2. The number of ether oxygens (including phenoxy) is 1. The molecule has 4 nitrogen and oxygen atoms in total. The van der Waals surface area contributed by atoms with E-state index in [1.165, 1.54) is 17.7 Å². The van der Waals surface area contributed by atoms with Crippen LogP contribution in [0.2, 0.25) is 0 Å². The molecule has 2 unspecified atom stereocenters. The Morgan fingerprint density at radius 2 is 1.76 bits per heavy atom. The van der Waals surface area contributed by atoms with Crippen LogP contribution in [-0.4, -0.2) is 25.1 Å². The summed E-state index contributed by atoms with van der Waals surface area (Å²) in [6, 6.07) is 17.9. The summed E-state index contributed by atoms with van der Waals surface area (Å²) in [6.07, 6.45) is 0.492. The largest absolute Gasteiger partial charge is 0.457 e. The second kappa shape index (κ2) is 6.89. The van der Waals surface area contributed by atoms with Crippen LogP contribution in [0.3, 0.4) is 0 Å². The third kappa shape index (κ3) is 3.69. The predicted molar refractivity (Wildman–Crippen MR) is 97.4 cm³/mol. The summed E-state index contributed by atoms with van der Waals surface area (Å²) >= 11 is 0. The molecule has 2 aromatic rings. The number of carbonyl (C=O) groups is 1. The Morgan fingerprint density at radius 3 is 2.44 bits per heavy atom. The highest BCUT2D eigenvalue weighted by atomic mass is 16.7. The van der Waals surface area contributed by atoms with E-state index in [0.717, 1.165) is 11.5 Å². The summed E-state index contributed by atoms with van der Waals surface area (Å²) < 4.78 is 5.94. The first-order valence-electron chi connectivity index (χ1n) is 8.57. The van der Waals surface area contributed by atoms with Gasteiger partial charge in [-0.15, -0.1) is 0 Å². The standard InChI is InChI=1S/C21H25NO3/c1-21(2)18(14-19(23)22(3)24-4)20(21)15-9-8-12-17(13-15)25-16-10-6-5-7-11-16/h5-13,18,20H,14H2,1-4H3. The highest BCUT2D eigenvalue weighted by Gasteiger charge is 2.58. The maximum atomic E-state index is 12.2. The third-order valence-electron chi connectivity index (χ3n) is 5.27. The van der Waals surface area contributed by atoms with Crippen molar-refractivity contribution in [2.45, 2.75) is 26.2 Å². The number of para-hydroxylation sites is 1. The Morgan fingerprint density at radius 1 is 1.08 bits per heavy atom. The van der Waals surface area contributed by atoms with Gasteiger partial charge in [0, 0.05) is 13.5 Å². The molecule has 0 spiro atoms. The summed E-state index contributed by atoms with van der Waals surface area (Å²) in [5.41, 5.74) is 1.31. The van der Waals surface area contributed by atoms with Crippen molar-refractivity contribution in [3.05, 3.63) is 60.2 Å². The van der Waals surface area contributed by atoms with Crippen LogP contribution in [0.25, 0.3) is 0 Å². The van der Waals surface area contributed by atoms with Crippen molar-refractivity contribution < 1.29 is 14.4 Å². The molecule has 1 aliphatic rings. The summed E-state index contributed by atoms with van der Waals surface area (Å²) in [4.78, 5) is 17.2. The molecule has 1 fully saturated rings. The molecule has 2 atom stereocenters. The molecule has 0 saturated heterocycles. The van der Waals surface area contributed by atoms with E-state index < -0.39 is 0 Å². The van der Waals surface area contributed by atoms with E-state index in [1.807, 2.05) is 42.5 Å². The van der Waals surface area contributed by atoms with Gasteiger partial charge in [-0.3, -0.25) is 9.63 Å². The molecule has 1 saturated carbocycles. The number of carbonyl (C=O) groups excluding carboxylic acids is 1. The molecule has 25 heavy (non-hydrogen) atoms. The average molecular weight is 339 g/mol. The van der Waals surface area contributed by atoms with Gasteiger partial charge in [0.05, 0.1) is 7.11 Å². The number of rotatable bonds is 6. The quantitative estimate of drug-likeness (QED) is 0.720. The highest BCUT2D eigenvalue weighted by Crippen LogP contribution is 2.66. The summed E-state index contributed by atoms with van der Waals surface area (Å²) in [5, 5.41) is 1.31. The van der Waals surface area contributed by atoms with Gasteiger partial charge >= 0.3 is 0 Å². The van der Waals surface area contributed by atoms with Gasteiger partial charge in [-0.05, 0) is 47.1 Å². The number of hydroxylamine groups is 2. The van der Waals surface area contributed by atoms with Crippen LogP contribution in [0, 0.1) is 11.3 Å². The predicted octanol–water partition coefficient (Wildman–Crippen LogP) is 4.63. The summed E-state index contributed by atoms with van der Waals surface area (Å²) in [6.45, 7) is 4.43. The highest BCUT2D eigenvalue weighted by molar-refractivity contribution is 5.76. The average Bonchev–Trinajstić information content (AvgIpc) is 3.15. The van der Waals surface area contributed by atoms with Gasteiger partial charge in [0.25, 0.3) is 0 Å². The molecular formula is C21H25NO3. The van der Waals surface area contributed by atoms with Gasteiger partial charge in [0.15, 0.2) is 0 Å². The molecule has 1 aliphatic carbocycles. The number of benzene rings is 2. The minimum atomic E-state index is 0.0137. The zero-order chi connectivity index (χ0) is 18.0. The topological polar surface area (TPSA) is 38.8 Å². The normalized spacial score (nSPS) is 20.8. The zero-order valence-corrected chi connectivity index (χ0v) is 15.2. The molecule has 0 aliphatic heterocycles. The second-order valence-electron chi connectivity index (χ2n) is 7.17. The molecule has 0 bridgehead atoms. The maximum Gasteiger partial charge on any atom is 0.246 e. The fraction of sp³-hybridized carbons (Fsp3) is 0.381. The van der Waals surface area contributed by atoms with Crippen LogP contribution in [0.4, 0.5) is 0 Å². The third-order valence-corrected chi connectivity index (χ3v) is 5.27. The van der Waals surface area contributed by atoms with Gasteiger partial charge < -0.3 is 4.74 Å². The first-order chi connectivity index (χ1) is 11.9. The molecule has 0 aromatic heterocycles. The molecule has 132 valence electrons. The Labute approximate surface area is 149 Å². The van der Waals surface area contributed by atoms with Crippen LogP contribution in [0.15, 0.2) is 54.6 Å². The summed E-state index contributed by atoms with van der Waals surface area (Å²) in [7, 11) is 3.17. The van der Waals surface area contributed by atoms with Crippen LogP contribution < -0.4 is 4.74 Å². The molecule has 3 rings (SSSR count). The lowest BCUT2D eigenvalue weighted by Crippen LogP contribution is -2.26. The number of hydrogen-bond donors (Lipinski definition) is 0. The van der Waals surface area contributed by atoms with Crippen molar-refractivity contribution in [1.82, 2.24) is 5.06 Å². The monoisotopic (exact) mass is 339 g/mol. The van der Waals surface area contributed by atoms with E-state index in [-0.39, 0.29) is 11.3 Å². The van der Waals surface area contributed by atoms with Crippen LogP contribution in [0.5, 0.6) is 11.5 Å². The minimum absolute atomic E-state index is 0.0137. The molecule has 1 amide bonds. The van der Waals surface area contributed by atoms with Crippen LogP contribution in [0.1, 0.15) is 31.7 Å². The van der Waals surface area contributed by atoms with Gasteiger partial charge in [-0.2, -0.15) is 0 Å². The van der Waals surface area contributed by atoms with Crippen molar-refractivity contribution in [3.8, 4) is 11.5 Å². The van der Waals surface area contributed by atoms with E-state index in [2.05, 4.69) is 26.0 Å². The molecular weight excluding hydrogens is 314 g/mol. The van der Waals surface area contributed by atoms with Gasteiger partial charge in [0.2, 0.25) is 5.91 Å². The van der Waals surface area contributed by atoms with E-state index in [1.54, 1.807) is 7.05 Å². The van der Waals surface area contributed by atoms with Crippen LogP contribution in [-0.2, 0) is 9.63 Å². The van der Waals surface area contributed by atoms with Gasteiger partial charge in [0.1, 0.15) is 11.5 Å². The number of nitrogens with zero attached hydrogens (tertiary/aromatic N) is 1. The first kappa shape index (κ1) is 17.5. The van der Waals surface area contributed by atoms with Crippen LogP contribution >= 0.6 is 0 Å². The maximum absolute atomic E-state index is 12.2. The Balaban J connectivity index is 1.73. The van der Waals surface area contributed by atoms with E-state index in [0.29, 0.717) is 18.3 Å². The Hall–Kier alpha value is -2.33. The lowest BCUT2D eigenvalue weighted by Gasteiger charge is -2.13. The van der Waals surface area contributed by atoms with E-state index >= 15 is 0 Å². The fourth-order valence-corrected chi connectivity index (χ4v) is 3.60. The Kier molecular flexibility index (Phi) is 4.82. The van der Waals surface area contributed by atoms with Crippen molar-refractivity contribution in [3.63, 3.8) is 0 Å². The lowest BCUT2D eigenvalue weighted by molar-refractivity contribution is -0.169. The van der Waals surface area contributed by atoms with E-state index in [9.17, 15) is 4.79 Å². The number of hydrogen-bond acceptors (Lipinski definition) is 3. The lowest BCUT2D eigenvalue weighted by atomic mass is 10.0. The van der Waals surface area contributed by atoms with Crippen molar-refractivity contribution in [2.75, 3.05) is 14.2 Å². The fourth-order valence-electron chi connectivity index (χ4n) is 3.60. The van der Waals surface area contributed by atoms with Gasteiger partial charge in [-0.1, -0.05) is 44.2 Å². The van der Waals surface area contributed by atoms with E-state index in [4.69, 9.17) is 9.57 Å². The number of amides is 1. The van der Waals surface area contributed by atoms with Crippen molar-refractivity contribution in [1.29, 1.82) is 0 Å². The Bertz CT molecular complexity index is 742. The molecule has 0 radical (unpaired) electrons. The van der Waals surface area contributed by atoms with Gasteiger partial charge in [-0.25, -0.2) is 5.06 Å². The smallest absolute Gasteiger partial charge is 0.246 e. The minimum Gasteiger partial charge on any atom is -0.457 e. The molecule has 4 heteroatoms. The van der Waals surface area contributed by atoms with Crippen molar-refractivity contribution in [2.24, 2.45) is 11.3 Å². The summed E-state index contributed by atoms with van der Waals surface area (Å²) in [5.74, 6) is 2.32. The van der Waals surface area contributed by atoms with Crippen molar-refractivity contribution >= 4 is 5.91 Å². The molecule has 0 heterocycles. The molecule has 2 aromatic carbocycles.